The molecule has 0 bridgehead atoms. The Bertz CT molecular complexity index is 523. The van der Waals surface area contributed by atoms with Gasteiger partial charge in [0.25, 0.3) is 0 Å². The molecule has 6 nitrogen and oxygen atoms in total. The summed E-state index contributed by atoms with van der Waals surface area (Å²) in [6.07, 6.45) is 1.54. The molecular formula is C14H20N2O4S. The highest BCUT2D eigenvalue weighted by Crippen LogP contribution is 2.20. The first-order valence-electron chi connectivity index (χ1n) is 6.99. The van der Waals surface area contributed by atoms with Crippen molar-refractivity contribution in [3.8, 4) is 0 Å². The molecule has 1 aromatic rings. The van der Waals surface area contributed by atoms with Crippen LogP contribution in [0.5, 0.6) is 0 Å². The Hall–Kier alpha value is -1.47. The Morgan fingerprint density at radius 2 is 2.05 bits per heavy atom. The number of aryl methyl sites for hydroxylation is 2. The molecule has 21 heavy (non-hydrogen) atoms. The molecule has 0 saturated carbocycles. The number of aromatic nitrogens is 1. The van der Waals surface area contributed by atoms with Gasteiger partial charge in [-0.15, -0.1) is 11.3 Å². The number of amides is 1. The smallest absolute Gasteiger partial charge is 0.323 e. The van der Waals surface area contributed by atoms with Crippen molar-refractivity contribution in [2.75, 3.05) is 19.8 Å². The fourth-order valence-corrected chi connectivity index (χ4v) is 3.38. The first-order valence-corrected chi connectivity index (χ1v) is 7.81. The summed E-state index contributed by atoms with van der Waals surface area (Å²) in [5.41, 5.74) is 0.755. The van der Waals surface area contributed by atoms with Gasteiger partial charge in [0.2, 0.25) is 5.91 Å². The van der Waals surface area contributed by atoms with Crippen LogP contribution in [0.4, 0.5) is 0 Å². The molecule has 0 unspecified atom stereocenters. The van der Waals surface area contributed by atoms with Crippen LogP contribution in [0, 0.1) is 13.8 Å². The molecule has 1 saturated heterocycles. The van der Waals surface area contributed by atoms with E-state index >= 15 is 0 Å². The largest absolute Gasteiger partial charge is 0.480 e. The molecule has 2 heterocycles. The van der Waals surface area contributed by atoms with Gasteiger partial charge in [0.05, 0.1) is 17.1 Å². The number of carboxylic acids is 1. The summed E-state index contributed by atoms with van der Waals surface area (Å²) in [7, 11) is 0. The van der Waals surface area contributed by atoms with E-state index in [1.54, 1.807) is 11.3 Å². The maximum Gasteiger partial charge on any atom is 0.323 e. The highest BCUT2D eigenvalue weighted by molar-refractivity contribution is 7.11. The van der Waals surface area contributed by atoms with Crippen LogP contribution in [0.2, 0.25) is 0 Å². The fraction of sp³-hybridized carbons (Fsp3) is 0.643. The van der Waals surface area contributed by atoms with Crippen LogP contribution in [-0.2, 0) is 20.7 Å². The lowest BCUT2D eigenvalue weighted by Gasteiger charge is -2.33. The van der Waals surface area contributed by atoms with E-state index in [2.05, 4.69) is 4.98 Å². The molecule has 1 aromatic heterocycles. The molecule has 2 rings (SSSR count). The zero-order chi connectivity index (χ0) is 15.4. The average molecular weight is 312 g/mol. The van der Waals surface area contributed by atoms with E-state index in [-0.39, 0.29) is 24.9 Å². The number of nitrogens with zero attached hydrogens (tertiary/aromatic N) is 2. The van der Waals surface area contributed by atoms with Crippen molar-refractivity contribution < 1.29 is 19.4 Å². The van der Waals surface area contributed by atoms with E-state index in [1.165, 1.54) is 4.90 Å². The van der Waals surface area contributed by atoms with E-state index in [0.717, 1.165) is 15.6 Å². The molecule has 0 atom stereocenters. The van der Waals surface area contributed by atoms with Gasteiger partial charge in [-0.3, -0.25) is 9.59 Å². The van der Waals surface area contributed by atoms with Gasteiger partial charge >= 0.3 is 5.97 Å². The zero-order valence-electron chi connectivity index (χ0n) is 12.3. The maximum atomic E-state index is 12.5. The summed E-state index contributed by atoms with van der Waals surface area (Å²) in [5, 5.41) is 9.97. The number of thiazole rings is 1. The van der Waals surface area contributed by atoms with Crippen LogP contribution in [0.3, 0.4) is 0 Å². The van der Waals surface area contributed by atoms with Crippen LogP contribution >= 0.6 is 11.3 Å². The van der Waals surface area contributed by atoms with Crippen LogP contribution in [0.25, 0.3) is 0 Å². The minimum atomic E-state index is -0.985. The van der Waals surface area contributed by atoms with Crippen LogP contribution in [0.1, 0.15) is 28.4 Å². The normalized spacial score (nSPS) is 15.9. The lowest BCUT2D eigenvalue weighted by molar-refractivity contribution is -0.147. The summed E-state index contributed by atoms with van der Waals surface area (Å²) >= 11 is 1.55. The first-order chi connectivity index (χ1) is 9.97. The Morgan fingerprint density at radius 3 is 2.57 bits per heavy atom. The predicted octanol–water partition coefficient (Wildman–Crippen LogP) is 1.39. The number of carbonyl (C=O) groups is 2. The van der Waals surface area contributed by atoms with Crippen molar-refractivity contribution in [1.82, 2.24) is 9.88 Å². The number of ether oxygens (including phenoxy) is 1. The number of carboxylic acid groups (broad SMARTS) is 1. The average Bonchev–Trinajstić information content (AvgIpc) is 2.75. The number of hydrogen-bond donors (Lipinski definition) is 1. The molecule has 1 N–H and O–H groups in total. The van der Waals surface area contributed by atoms with Crippen molar-refractivity contribution in [3.05, 3.63) is 15.6 Å². The summed E-state index contributed by atoms with van der Waals surface area (Å²) in [4.78, 5) is 30.4. The van der Waals surface area contributed by atoms with E-state index in [0.29, 0.717) is 26.1 Å². The van der Waals surface area contributed by atoms with Gasteiger partial charge in [0.15, 0.2) is 0 Å². The summed E-state index contributed by atoms with van der Waals surface area (Å²) in [5.74, 6) is -1.15. The minimum absolute atomic E-state index is 0.0533. The molecule has 1 fully saturated rings. The number of aliphatic carboxylic acids is 1. The number of hydrogen-bond acceptors (Lipinski definition) is 5. The molecule has 0 aromatic carbocycles. The van der Waals surface area contributed by atoms with Crippen molar-refractivity contribution in [2.24, 2.45) is 0 Å². The van der Waals surface area contributed by atoms with Crippen molar-refractivity contribution in [3.63, 3.8) is 0 Å². The van der Waals surface area contributed by atoms with Gasteiger partial charge in [-0.1, -0.05) is 0 Å². The number of carbonyl (C=O) groups excluding carboxylic acids is 1. The van der Waals surface area contributed by atoms with E-state index in [9.17, 15) is 9.59 Å². The second kappa shape index (κ2) is 7.00. The van der Waals surface area contributed by atoms with Crippen molar-refractivity contribution >= 4 is 23.2 Å². The monoisotopic (exact) mass is 312 g/mol. The Balaban J connectivity index is 2.09. The van der Waals surface area contributed by atoms with Gasteiger partial charge in [-0.05, 0) is 26.7 Å². The summed E-state index contributed by atoms with van der Waals surface area (Å²) in [6.45, 7) is 4.72. The van der Waals surface area contributed by atoms with Crippen molar-refractivity contribution in [1.29, 1.82) is 0 Å². The molecule has 7 heteroatoms. The lowest BCUT2D eigenvalue weighted by Crippen LogP contribution is -2.46. The Labute approximate surface area is 127 Å². The number of rotatable bonds is 5. The molecule has 0 spiro atoms. The highest BCUT2D eigenvalue weighted by Gasteiger charge is 2.28. The highest BCUT2D eigenvalue weighted by atomic mass is 32.1. The van der Waals surface area contributed by atoms with Crippen LogP contribution in [-0.4, -0.2) is 52.7 Å². The summed E-state index contributed by atoms with van der Waals surface area (Å²) in [6, 6.07) is -0.0533. The molecule has 116 valence electrons. The molecule has 1 aliphatic heterocycles. The molecule has 0 aliphatic carbocycles. The van der Waals surface area contributed by atoms with Crippen LogP contribution in [0.15, 0.2) is 0 Å². The van der Waals surface area contributed by atoms with E-state index in [4.69, 9.17) is 9.84 Å². The predicted molar refractivity (Wildman–Crippen MR) is 78.5 cm³/mol. The Morgan fingerprint density at radius 1 is 1.38 bits per heavy atom. The fourth-order valence-electron chi connectivity index (χ4n) is 2.54. The van der Waals surface area contributed by atoms with E-state index < -0.39 is 5.97 Å². The molecule has 0 radical (unpaired) electrons. The Kier molecular flexibility index (Phi) is 5.30. The first kappa shape index (κ1) is 15.9. The molecular weight excluding hydrogens is 292 g/mol. The van der Waals surface area contributed by atoms with Gasteiger partial charge < -0.3 is 14.7 Å². The second-order valence-electron chi connectivity index (χ2n) is 5.17. The maximum absolute atomic E-state index is 12.5. The summed E-state index contributed by atoms with van der Waals surface area (Å²) < 4.78 is 5.28. The molecule has 1 aliphatic rings. The third-order valence-electron chi connectivity index (χ3n) is 3.58. The van der Waals surface area contributed by atoms with E-state index in [1.807, 2.05) is 13.8 Å². The third-order valence-corrected chi connectivity index (χ3v) is 4.50. The zero-order valence-corrected chi connectivity index (χ0v) is 13.1. The van der Waals surface area contributed by atoms with Crippen LogP contribution < -0.4 is 0 Å². The van der Waals surface area contributed by atoms with Gasteiger partial charge in [-0.25, -0.2) is 4.98 Å². The van der Waals surface area contributed by atoms with Gasteiger partial charge in [0, 0.05) is 24.1 Å². The molecule has 1 amide bonds. The minimum Gasteiger partial charge on any atom is -0.480 e. The quantitative estimate of drug-likeness (QED) is 0.889. The van der Waals surface area contributed by atoms with Gasteiger partial charge in [-0.2, -0.15) is 0 Å². The lowest BCUT2D eigenvalue weighted by atomic mass is 10.1. The topological polar surface area (TPSA) is 79.7 Å². The van der Waals surface area contributed by atoms with Crippen molar-refractivity contribution in [2.45, 2.75) is 39.2 Å². The second-order valence-corrected chi connectivity index (χ2v) is 6.58. The SMILES string of the molecule is Cc1nc(CC(=O)N(CC(=O)O)C2CCOCC2)c(C)s1. The standard InChI is InChI=1S/C14H20N2O4S/c1-9-12(15-10(2)21-9)7-13(17)16(8-14(18)19)11-3-5-20-6-4-11/h11H,3-8H2,1-2H3,(H,18,19). The van der Waals surface area contributed by atoms with Gasteiger partial charge in [0.1, 0.15) is 6.54 Å². The third kappa shape index (κ3) is 4.25.